The molecule has 0 amide bonds. The van der Waals surface area contributed by atoms with Crippen LogP contribution in [0, 0.1) is 0 Å². The van der Waals surface area contributed by atoms with Crippen LogP contribution in [-0.2, 0) is 0 Å². The van der Waals surface area contributed by atoms with Crippen molar-refractivity contribution in [3.05, 3.63) is 30.1 Å². The van der Waals surface area contributed by atoms with E-state index in [4.69, 9.17) is 10.8 Å². The first kappa shape index (κ1) is 7.18. The second kappa shape index (κ2) is 3.29. The molecule has 54 valence electrons. The largest absolute Gasteiger partial charge is 0.394 e. The highest BCUT2D eigenvalue weighted by Gasteiger charge is 2.00. The van der Waals surface area contributed by atoms with Crippen LogP contribution in [0.2, 0.25) is 0 Å². The summed E-state index contributed by atoms with van der Waals surface area (Å²) in [5.74, 6) is 0. The van der Waals surface area contributed by atoms with Crippen molar-refractivity contribution in [1.29, 1.82) is 0 Å². The van der Waals surface area contributed by atoms with Gasteiger partial charge in [-0.2, -0.15) is 0 Å². The number of aromatic nitrogens is 1. The highest BCUT2D eigenvalue weighted by atomic mass is 16.3. The van der Waals surface area contributed by atoms with Crippen molar-refractivity contribution in [2.24, 2.45) is 5.73 Å². The van der Waals surface area contributed by atoms with E-state index in [1.165, 1.54) is 0 Å². The number of nitrogens with zero attached hydrogens (tertiary/aromatic N) is 1. The molecule has 0 fully saturated rings. The molecule has 1 rings (SSSR count). The molecule has 0 bridgehead atoms. The molecule has 1 heterocycles. The van der Waals surface area contributed by atoms with E-state index in [9.17, 15) is 0 Å². The highest BCUT2D eigenvalue weighted by Crippen LogP contribution is 2.05. The number of rotatable bonds is 2. The summed E-state index contributed by atoms with van der Waals surface area (Å²) >= 11 is 0. The van der Waals surface area contributed by atoms with Crippen LogP contribution in [0.3, 0.4) is 0 Å². The fraction of sp³-hybridized carbons (Fsp3) is 0.286. The first-order valence-electron chi connectivity index (χ1n) is 3.11. The molecular weight excluding hydrogens is 128 g/mol. The van der Waals surface area contributed by atoms with Crippen molar-refractivity contribution in [3.8, 4) is 0 Å². The molecule has 0 saturated carbocycles. The van der Waals surface area contributed by atoms with Crippen LogP contribution in [-0.4, -0.2) is 16.7 Å². The lowest BCUT2D eigenvalue weighted by Gasteiger charge is -2.05. The van der Waals surface area contributed by atoms with Gasteiger partial charge >= 0.3 is 0 Å². The lowest BCUT2D eigenvalue weighted by molar-refractivity contribution is 0.268. The fourth-order valence-corrected chi connectivity index (χ4v) is 0.716. The van der Waals surface area contributed by atoms with Crippen molar-refractivity contribution in [2.45, 2.75) is 6.04 Å². The molecule has 1 atom stereocenters. The van der Waals surface area contributed by atoms with E-state index < -0.39 is 0 Å². The average molecular weight is 138 g/mol. The van der Waals surface area contributed by atoms with Crippen molar-refractivity contribution in [2.75, 3.05) is 6.61 Å². The monoisotopic (exact) mass is 138 g/mol. The molecule has 0 aliphatic rings. The summed E-state index contributed by atoms with van der Waals surface area (Å²) in [4.78, 5) is 3.82. The maximum absolute atomic E-state index is 8.64. The number of aliphatic hydroxyl groups excluding tert-OH is 1. The standard InChI is InChI=1S/C7H10N2O/c8-7(5-10)6-1-3-9-4-2-6/h1-4,7,10H,5,8H2. The first-order chi connectivity index (χ1) is 4.84. The van der Waals surface area contributed by atoms with Gasteiger partial charge in [0.05, 0.1) is 12.6 Å². The van der Waals surface area contributed by atoms with Crippen LogP contribution in [0.15, 0.2) is 24.5 Å². The van der Waals surface area contributed by atoms with Crippen LogP contribution >= 0.6 is 0 Å². The Hall–Kier alpha value is -0.930. The second-order valence-electron chi connectivity index (χ2n) is 2.07. The second-order valence-corrected chi connectivity index (χ2v) is 2.07. The van der Waals surface area contributed by atoms with Gasteiger partial charge in [0.2, 0.25) is 0 Å². The number of hydrogen-bond donors (Lipinski definition) is 2. The Morgan fingerprint density at radius 3 is 2.60 bits per heavy atom. The molecule has 0 spiro atoms. The summed E-state index contributed by atoms with van der Waals surface area (Å²) in [5, 5.41) is 8.64. The van der Waals surface area contributed by atoms with Crippen LogP contribution in [0.5, 0.6) is 0 Å². The van der Waals surface area contributed by atoms with Gasteiger partial charge in [-0.15, -0.1) is 0 Å². The molecule has 3 nitrogen and oxygen atoms in total. The molecule has 0 radical (unpaired) electrons. The summed E-state index contributed by atoms with van der Waals surface area (Å²) in [6.07, 6.45) is 3.32. The van der Waals surface area contributed by atoms with Crippen molar-refractivity contribution in [3.63, 3.8) is 0 Å². The molecule has 3 heteroatoms. The van der Waals surface area contributed by atoms with E-state index >= 15 is 0 Å². The number of hydrogen-bond acceptors (Lipinski definition) is 3. The quantitative estimate of drug-likeness (QED) is 0.608. The van der Waals surface area contributed by atoms with Crippen molar-refractivity contribution >= 4 is 0 Å². The van der Waals surface area contributed by atoms with E-state index in [1.54, 1.807) is 24.5 Å². The van der Waals surface area contributed by atoms with Gasteiger partial charge < -0.3 is 10.8 Å². The minimum Gasteiger partial charge on any atom is -0.394 e. The van der Waals surface area contributed by atoms with E-state index in [-0.39, 0.29) is 12.6 Å². The molecule has 0 aromatic carbocycles. The van der Waals surface area contributed by atoms with E-state index in [1.807, 2.05) is 0 Å². The molecule has 1 aromatic heterocycles. The summed E-state index contributed by atoms with van der Waals surface area (Å²) in [7, 11) is 0. The smallest absolute Gasteiger partial charge is 0.0624 e. The Morgan fingerprint density at radius 2 is 2.10 bits per heavy atom. The Labute approximate surface area is 59.5 Å². The minimum atomic E-state index is -0.275. The Balaban J connectivity index is 2.75. The normalized spacial score (nSPS) is 13.0. The zero-order valence-electron chi connectivity index (χ0n) is 5.57. The molecule has 1 aromatic rings. The summed E-state index contributed by atoms with van der Waals surface area (Å²) < 4.78 is 0. The highest BCUT2D eigenvalue weighted by molar-refractivity contribution is 5.13. The van der Waals surface area contributed by atoms with Crippen molar-refractivity contribution in [1.82, 2.24) is 4.98 Å². The Morgan fingerprint density at radius 1 is 1.50 bits per heavy atom. The Bertz CT molecular complexity index is 188. The van der Waals surface area contributed by atoms with E-state index in [2.05, 4.69) is 4.98 Å². The third kappa shape index (κ3) is 1.52. The Kier molecular flexibility index (Phi) is 2.36. The van der Waals surface area contributed by atoms with Crippen LogP contribution in [0.1, 0.15) is 11.6 Å². The number of pyridine rings is 1. The summed E-state index contributed by atoms with van der Waals surface area (Å²) in [6, 6.07) is 3.31. The zero-order valence-corrected chi connectivity index (χ0v) is 5.57. The van der Waals surface area contributed by atoms with Gasteiger partial charge in [0.25, 0.3) is 0 Å². The van der Waals surface area contributed by atoms with Crippen LogP contribution < -0.4 is 5.73 Å². The molecule has 0 aliphatic carbocycles. The SMILES string of the molecule is NC(CO)c1ccncc1. The molecule has 10 heavy (non-hydrogen) atoms. The van der Waals surface area contributed by atoms with Crippen molar-refractivity contribution < 1.29 is 5.11 Å². The lowest BCUT2D eigenvalue weighted by atomic mass is 10.1. The topological polar surface area (TPSA) is 59.1 Å². The summed E-state index contributed by atoms with van der Waals surface area (Å²) in [5.41, 5.74) is 6.43. The maximum atomic E-state index is 8.64. The van der Waals surface area contributed by atoms with Gasteiger partial charge in [-0.05, 0) is 17.7 Å². The van der Waals surface area contributed by atoms with E-state index in [0.29, 0.717) is 0 Å². The van der Waals surface area contributed by atoms with Gasteiger partial charge in [0.15, 0.2) is 0 Å². The lowest BCUT2D eigenvalue weighted by Crippen LogP contribution is -2.14. The van der Waals surface area contributed by atoms with Gasteiger partial charge in [0.1, 0.15) is 0 Å². The minimum absolute atomic E-state index is 0.0238. The van der Waals surface area contributed by atoms with Gasteiger partial charge in [-0.3, -0.25) is 4.98 Å². The molecular formula is C7H10N2O. The predicted octanol–water partition coefficient (Wildman–Crippen LogP) is 0.0737. The maximum Gasteiger partial charge on any atom is 0.0624 e. The van der Waals surface area contributed by atoms with Crippen LogP contribution in [0.4, 0.5) is 0 Å². The predicted molar refractivity (Wildman–Crippen MR) is 38.3 cm³/mol. The van der Waals surface area contributed by atoms with E-state index in [0.717, 1.165) is 5.56 Å². The average Bonchev–Trinajstić information content (AvgIpc) is 2.05. The molecule has 0 saturated heterocycles. The number of nitrogens with two attached hydrogens (primary N) is 1. The molecule has 0 aliphatic heterocycles. The molecule has 3 N–H and O–H groups in total. The third-order valence-electron chi connectivity index (χ3n) is 1.33. The zero-order chi connectivity index (χ0) is 7.40. The first-order valence-corrected chi connectivity index (χ1v) is 3.11. The fourth-order valence-electron chi connectivity index (χ4n) is 0.716. The van der Waals surface area contributed by atoms with Gasteiger partial charge in [0, 0.05) is 12.4 Å². The third-order valence-corrected chi connectivity index (χ3v) is 1.33. The molecule has 1 unspecified atom stereocenters. The van der Waals surface area contributed by atoms with Gasteiger partial charge in [-0.25, -0.2) is 0 Å². The number of aliphatic hydroxyl groups is 1. The summed E-state index contributed by atoms with van der Waals surface area (Å²) in [6.45, 7) is -0.0238. The van der Waals surface area contributed by atoms with Gasteiger partial charge in [-0.1, -0.05) is 0 Å². The van der Waals surface area contributed by atoms with Crippen LogP contribution in [0.25, 0.3) is 0 Å².